The van der Waals surface area contributed by atoms with Crippen LogP contribution >= 0.6 is 0 Å². The highest BCUT2D eigenvalue weighted by atomic mass is 19.1. The number of carbonyl (C=O) groups is 2. The lowest BCUT2D eigenvalue weighted by Crippen LogP contribution is -2.27. The minimum atomic E-state index is -0.286. The Morgan fingerprint density at radius 1 is 1.03 bits per heavy atom. The molecule has 0 aliphatic heterocycles. The number of rotatable bonds is 7. The fourth-order valence-corrected chi connectivity index (χ4v) is 4.66. The van der Waals surface area contributed by atoms with E-state index in [0.29, 0.717) is 41.5 Å². The van der Waals surface area contributed by atoms with Crippen molar-refractivity contribution in [1.29, 1.82) is 0 Å². The molecule has 8 heteroatoms. The zero-order chi connectivity index (χ0) is 27.5. The molecular weight excluding hydrogens is 493 g/mol. The number of nitrogens with zero attached hydrogens (tertiary/aromatic N) is 3. The van der Waals surface area contributed by atoms with Gasteiger partial charge in [0.15, 0.2) is 0 Å². The molecule has 0 spiro atoms. The van der Waals surface area contributed by atoms with Crippen LogP contribution in [-0.4, -0.2) is 39.8 Å². The molecule has 39 heavy (non-hydrogen) atoms. The van der Waals surface area contributed by atoms with Crippen LogP contribution < -0.4 is 10.6 Å². The van der Waals surface area contributed by atoms with Crippen molar-refractivity contribution in [3.63, 3.8) is 0 Å². The van der Waals surface area contributed by atoms with Crippen LogP contribution in [0.4, 0.5) is 4.39 Å². The van der Waals surface area contributed by atoms with Crippen LogP contribution in [0.1, 0.15) is 53.2 Å². The van der Waals surface area contributed by atoms with Gasteiger partial charge in [-0.15, -0.1) is 0 Å². The molecular formula is C31H30FN5O2. The van der Waals surface area contributed by atoms with E-state index in [9.17, 15) is 14.0 Å². The number of benzene rings is 1. The van der Waals surface area contributed by atoms with Crippen molar-refractivity contribution in [2.24, 2.45) is 5.92 Å². The highest BCUT2D eigenvalue weighted by molar-refractivity contribution is 6.02. The van der Waals surface area contributed by atoms with Crippen LogP contribution in [0.15, 0.2) is 79.0 Å². The van der Waals surface area contributed by atoms with Gasteiger partial charge in [0.25, 0.3) is 11.8 Å². The number of carbonyl (C=O) groups excluding carboxylic acids is 2. The second kappa shape index (κ2) is 11.0. The molecule has 4 aromatic rings. The van der Waals surface area contributed by atoms with E-state index in [4.69, 9.17) is 4.98 Å². The standard InChI is InChI=1S/C31H30FN5O2/c1-19(2)16-35-30(38)26-15-21(8-12-25(26)22-5-4-14-34-17-22)23-9-13-27-36-28(20-6-10-24(32)11-7-20)29(31(39)33-3)37(27)18-23/h4-6,8-10,12-15,17-19H,7,11,16H2,1-3H3,(H,33,39)(H,35,38). The van der Waals surface area contributed by atoms with Crippen molar-refractivity contribution in [2.45, 2.75) is 26.7 Å². The summed E-state index contributed by atoms with van der Waals surface area (Å²) >= 11 is 0. The molecule has 2 N–H and O–H groups in total. The van der Waals surface area contributed by atoms with E-state index >= 15 is 0 Å². The third kappa shape index (κ3) is 5.36. The van der Waals surface area contributed by atoms with Gasteiger partial charge in [-0.25, -0.2) is 9.37 Å². The Morgan fingerprint density at radius 3 is 2.54 bits per heavy atom. The summed E-state index contributed by atoms with van der Waals surface area (Å²) in [4.78, 5) is 35.2. The van der Waals surface area contributed by atoms with Gasteiger partial charge in [0, 0.05) is 49.7 Å². The van der Waals surface area contributed by atoms with E-state index in [1.54, 1.807) is 29.9 Å². The minimum Gasteiger partial charge on any atom is -0.354 e. The maximum absolute atomic E-state index is 13.6. The third-order valence-corrected chi connectivity index (χ3v) is 6.70. The summed E-state index contributed by atoms with van der Waals surface area (Å²) in [5, 5.41) is 5.73. The second-order valence-corrected chi connectivity index (χ2v) is 9.95. The van der Waals surface area contributed by atoms with Crippen molar-refractivity contribution < 1.29 is 14.0 Å². The molecule has 0 saturated heterocycles. The molecule has 2 amide bonds. The first-order valence-electron chi connectivity index (χ1n) is 13.0. The van der Waals surface area contributed by atoms with Gasteiger partial charge >= 0.3 is 0 Å². The Bertz CT molecular complexity index is 1620. The molecule has 0 bridgehead atoms. The Labute approximate surface area is 226 Å². The zero-order valence-electron chi connectivity index (χ0n) is 22.2. The fraction of sp³-hybridized carbons (Fsp3) is 0.226. The number of allylic oxidation sites excluding steroid dienone is 4. The number of nitrogens with one attached hydrogen (secondary N) is 2. The lowest BCUT2D eigenvalue weighted by atomic mass is 9.95. The molecule has 0 atom stereocenters. The van der Waals surface area contributed by atoms with Crippen LogP contribution in [0.2, 0.25) is 0 Å². The zero-order valence-corrected chi connectivity index (χ0v) is 22.2. The summed E-state index contributed by atoms with van der Waals surface area (Å²) in [6.07, 6.45) is 9.15. The molecule has 0 unspecified atom stereocenters. The number of amides is 2. The average molecular weight is 524 g/mol. The van der Waals surface area contributed by atoms with Crippen LogP contribution in [-0.2, 0) is 0 Å². The fourth-order valence-electron chi connectivity index (χ4n) is 4.66. The van der Waals surface area contributed by atoms with Gasteiger partial charge in [-0.1, -0.05) is 38.1 Å². The molecule has 3 heterocycles. The number of aromatic nitrogens is 3. The molecule has 1 aliphatic rings. The Kier molecular flexibility index (Phi) is 7.36. The molecule has 1 aromatic carbocycles. The lowest BCUT2D eigenvalue weighted by Gasteiger charge is -2.14. The summed E-state index contributed by atoms with van der Waals surface area (Å²) < 4.78 is 15.4. The van der Waals surface area contributed by atoms with Crippen LogP contribution in [0.25, 0.3) is 33.5 Å². The molecule has 198 valence electrons. The molecule has 0 radical (unpaired) electrons. The average Bonchev–Trinajstić information content (AvgIpc) is 3.34. The number of fused-ring (bicyclic) bond motifs is 1. The molecule has 3 aromatic heterocycles. The SMILES string of the molecule is CNC(=O)c1c(C2=CC=C(F)CC2)nc2ccc(-c3ccc(-c4cccnc4)c(C(=O)NCC(C)C)c3)cn12. The predicted octanol–water partition coefficient (Wildman–Crippen LogP) is 5.84. The van der Waals surface area contributed by atoms with Gasteiger partial charge in [0.1, 0.15) is 17.2 Å². The highest BCUT2D eigenvalue weighted by Crippen LogP contribution is 2.32. The summed E-state index contributed by atoms with van der Waals surface area (Å²) in [6.45, 7) is 4.66. The number of imidazole rings is 1. The van der Waals surface area contributed by atoms with E-state index in [-0.39, 0.29) is 24.1 Å². The van der Waals surface area contributed by atoms with E-state index in [1.165, 1.54) is 6.08 Å². The number of pyridine rings is 2. The summed E-state index contributed by atoms with van der Waals surface area (Å²) in [5.41, 5.74) is 6.15. The first kappa shape index (κ1) is 26.0. The third-order valence-electron chi connectivity index (χ3n) is 6.70. The minimum absolute atomic E-state index is 0.161. The Morgan fingerprint density at radius 2 is 1.85 bits per heavy atom. The monoisotopic (exact) mass is 523 g/mol. The highest BCUT2D eigenvalue weighted by Gasteiger charge is 2.23. The van der Waals surface area contributed by atoms with Crippen molar-refractivity contribution in [2.75, 3.05) is 13.6 Å². The molecule has 0 saturated carbocycles. The molecule has 5 rings (SSSR count). The summed E-state index contributed by atoms with van der Waals surface area (Å²) in [7, 11) is 1.57. The van der Waals surface area contributed by atoms with E-state index < -0.39 is 0 Å². The van der Waals surface area contributed by atoms with E-state index in [2.05, 4.69) is 15.6 Å². The van der Waals surface area contributed by atoms with E-state index in [0.717, 1.165) is 27.8 Å². The van der Waals surface area contributed by atoms with Crippen molar-refractivity contribution in [3.8, 4) is 22.3 Å². The first-order valence-corrected chi connectivity index (χ1v) is 13.0. The van der Waals surface area contributed by atoms with Gasteiger partial charge in [0.05, 0.1) is 5.69 Å². The van der Waals surface area contributed by atoms with Crippen molar-refractivity contribution in [1.82, 2.24) is 25.0 Å². The Balaban J connectivity index is 1.62. The first-order chi connectivity index (χ1) is 18.9. The topological polar surface area (TPSA) is 88.4 Å². The van der Waals surface area contributed by atoms with Gasteiger partial charge < -0.3 is 10.6 Å². The predicted molar refractivity (Wildman–Crippen MR) is 151 cm³/mol. The number of halogens is 1. The molecule has 1 aliphatic carbocycles. The van der Waals surface area contributed by atoms with Crippen LogP contribution in [0.3, 0.4) is 0 Å². The van der Waals surface area contributed by atoms with Crippen LogP contribution in [0.5, 0.6) is 0 Å². The summed E-state index contributed by atoms with van der Waals surface area (Å²) in [5.74, 6) is -0.322. The van der Waals surface area contributed by atoms with Gasteiger partial charge in [-0.3, -0.25) is 19.0 Å². The maximum atomic E-state index is 13.6. The van der Waals surface area contributed by atoms with Gasteiger partial charge in [-0.2, -0.15) is 0 Å². The van der Waals surface area contributed by atoms with E-state index in [1.807, 2.05) is 62.5 Å². The Hall–Kier alpha value is -4.59. The van der Waals surface area contributed by atoms with Gasteiger partial charge in [-0.05, 0) is 64.9 Å². The van der Waals surface area contributed by atoms with Crippen molar-refractivity contribution in [3.05, 3.63) is 96.0 Å². The lowest BCUT2D eigenvalue weighted by molar-refractivity contribution is 0.0944. The van der Waals surface area contributed by atoms with Crippen LogP contribution in [0, 0.1) is 5.92 Å². The van der Waals surface area contributed by atoms with Gasteiger partial charge in [0.2, 0.25) is 0 Å². The number of hydrogen-bond donors (Lipinski definition) is 2. The largest absolute Gasteiger partial charge is 0.354 e. The molecule has 0 fully saturated rings. The normalized spacial score (nSPS) is 13.3. The van der Waals surface area contributed by atoms with Crippen molar-refractivity contribution >= 4 is 23.0 Å². The number of hydrogen-bond acceptors (Lipinski definition) is 4. The maximum Gasteiger partial charge on any atom is 0.270 e. The smallest absolute Gasteiger partial charge is 0.270 e. The molecule has 7 nitrogen and oxygen atoms in total. The second-order valence-electron chi connectivity index (χ2n) is 9.95. The summed E-state index contributed by atoms with van der Waals surface area (Å²) in [6, 6.07) is 13.3. The quantitative estimate of drug-likeness (QED) is 0.319.